The van der Waals surface area contributed by atoms with E-state index in [1.54, 1.807) is 54.6 Å². The van der Waals surface area contributed by atoms with E-state index >= 15 is 0 Å². The van der Waals surface area contributed by atoms with Gasteiger partial charge in [-0.25, -0.2) is 9.48 Å². The molecule has 0 aliphatic heterocycles. The number of esters is 1. The van der Waals surface area contributed by atoms with Crippen molar-refractivity contribution in [3.63, 3.8) is 0 Å². The molecule has 0 radical (unpaired) electrons. The predicted molar refractivity (Wildman–Crippen MR) is 176 cm³/mol. The summed E-state index contributed by atoms with van der Waals surface area (Å²) in [6.07, 6.45) is 4.00. The number of carbonyl (C=O) groups excluding carboxylic acids is 3. The number of amides is 2. The maximum atomic E-state index is 13.6. The molecule has 0 aliphatic carbocycles. The lowest BCUT2D eigenvalue weighted by Gasteiger charge is -2.20. The zero-order chi connectivity index (χ0) is 34.0. The summed E-state index contributed by atoms with van der Waals surface area (Å²) in [4.78, 5) is 51.0. The van der Waals surface area contributed by atoms with Crippen LogP contribution in [0, 0.1) is 0 Å². The molecular weight excluding hydrogens is 640 g/mol. The Labute approximate surface area is 278 Å². The average molecular weight is 669 g/mol. The topological polar surface area (TPSA) is 172 Å². The monoisotopic (exact) mass is 668 g/mol. The molecule has 14 nitrogen and oxygen atoms in total. The Kier molecular flexibility index (Phi) is 10.7. The summed E-state index contributed by atoms with van der Waals surface area (Å²) in [6.45, 7) is -0.460. The number of anilines is 1. The second-order valence-electron chi connectivity index (χ2n) is 10.3. The van der Waals surface area contributed by atoms with Crippen LogP contribution in [0.5, 0.6) is 0 Å². The van der Waals surface area contributed by atoms with E-state index in [9.17, 15) is 19.2 Å². The molecule has 3 aromatic carbocycles. The lowest BCUT2D eigenvalue weighted by Crippen LogP contribution is -2.34. The van der Waals surface area contributed by atoms with Crippen LogP contribution in [0.2, 0.25) is 5.02 Å². The fraction of sp³-hybridized carbons (Fsp3) is 0.152. The van der Waals surface area contributed by atoms with Gasteiger partial charge in [-0.1, -0.05) is 54.1 Å². The molecule has 0 saturated heterocycles. The first-order chi connectivity index (χ1) is 23.2. The number of tetrazole rings is 1. The van der Waals surface area contributed by atoms with Crippen LogP contribution < -0.4 is 16.2 Å². The van der Waals surface area contributed by atoms with Gasteiger partial charge in [0.25, 0.3) is 5.56 Å². The van der Waals surface area contributed by atoms with Crippen molar-refractivity contribution >= 4 is 41.3 Å². The van der Waals surface area contributed by atoms with E-state index < -0.39 is 36.1 Å². The minimum Gasteiger partial charge on any atom is -0.468 e. The van der Waals surface area contributed by atoms with Gasteiger partial charge in [-0.2, -0.15) is 9.78 Å². The van der Waals surface area contributed by atoms with E-state index in [2.05, 4.69) is 36.0 Å². The summed E-state index contributed by atoms with van der Waals surface area (Å²) in [7, 11) is 2.46. The van der Waals surface area contributed by atoms with Gasteiger partial charge in [-0.05, 0) is 70.4 Å². The van der Waals surface area contributed by atoms with Crippen LogP contribution in [0.3, 0.4) is 0 Å². The molecule has 0 saturated carbocycles. The van der Waals surface area contributed by atoms with Gasteiger partial charge in [0.1, 0.15) is 12.9 Å². The molecule has 2 amide bonds. The molecule has 2 aromatic heterocycles. The number of hydrogen-bond acceptors (Lipinski definition) is 10. The number of halogens is 1. The average Bonchev–Trinajstić information content (AvgIpc) is 3.64. The van der Waals surface area contributed by atoms with Gasteiger partial charge in [0.2, 0.25) is 5.91 Å². The minimum absolute atomic E-state index is 0.210. The summed E-state index contributed by atoms with van der Waals surface area (Å²) in [6, 6.07) is 21.8. The van der Waals surface area contributed by atoms with Crippen LogP contribution in [-0.2, 0) is 32.0 Å². The number of ether oxygens (including phenoxy) is 2. The number of aromatic nitrogens is 6. The van der Waals surface area contributed by atoms with Crippen molar-refractivity contribution in [2.24, 2.45) is 0 Å². The Morgan fingerprint density at radius 2 is 1.75 bits per heavy atom. The van der Waals surface area contributed by atoms with Gasteiger partial charge >= 0.3 is 12.1 Å². The van der Waals surface area contributed by atoms with Crippen molar-refractivity contribution in [1.29, 1.82) is 0 Å². The molecule has 0 aliphatic rings. The number of benzene rings is 3. The molecule has 48 heavy (non-hydrogen) atoms. The maximum Gasteiger partial charge on any atom is 0.411 e. The summed E-state index contributed by atoms with van der Waals surface area (Å²) in [5.41, 5.74) is 2.96. The molecule has 2 N–H and O–H groups in total. The Hall–Kier alpha value is -6.15. The number of rotatable bonds is 11. The molecule has 2 heterocycles. The molecule has 244 valence electrons. The van der Waals surface area contributed by atoms with Gasteiger partial charge in [0, 0.05) is 22.3 Å². The first-order valence-corrected chi connectivity index (χ1v) is 14.8. The first-order valence-electron chi connectivity index (χ1n) is 14.4. The smallest absolute Gasteiger partial charge is 0.411 e. The van der Waals surface area contributed by atoms with E-state index in [4.69, 9.17) is 16.3 Å². The van der Waals surface area contributed by atoms with Crippen LogP contribution in [0.1, 0.15) is 22.9 Å². The molecule has 1 atom stereocenters. The lowest BCUT2D eigenvalue weighted by atomic mass is 10.00. The SMILES string of the molecule is COC(=O)Cn1nc([C@H](Cc2ccccc2)NC(=O)/C=C/c2cc(Cl)ccc2-n2cnnn2)cc(-c2ccc(NC(=O)OC)cc2)c1=O. The fourth-order valence-corrected chi connectivity index (χ4v) is 4.92. The number of carbonyl (C=O) groups is 3. The van der Waals surface area contributed by atoms with E-state index in [1.165, 1.54) is 31.3 Å². The van der Waals surface area contributed by atoms with Crippen LogP contribution >= 0.6 is 11.6 Å². The van der Waals surface area contributed by atoms with Gasteiger partial charge in [0.05, 0.1) is 37.2 Å². The van der Waals surface area contributed by atoms with Crippen LogP contribution in [-0.4, -0.2) is 62.2 Å². The summed E-state index contributed by atoms with van der Waals surface area (Å²) >= 11 is 6.24. The van der Waals surface area contributed by atoms with E-state index in [-0.39, 0.29) is 5.56 Å². The zero-order valence-corrected chi connectivity index (χ0v) is 26.5. The van der Waals surface area contributed by atoms with Gasteiger partial charge in [-0.15, -0.1) is 5.10 Å². The summed E-state index contributed by atoms with van der Waals surface area (Å²) in [5, 5.41) is 21.7. The fourth-order valence-electron chi connectivity index (χ4n) is 4.74. The normalized spacial score (nSPS) is 11.6. The Balaban J connectivity index is 1.52. The largest absolute Gasteiger partial charge is 0.468 e. The summed E-state index contributed by atoms with van der Waals surface area (Å²) < 4.78 is 11.9. The van der Waals surface area contributed by atoms with E-state index in [0.717, 1.165) is 10.2 Å². The highest BCUT2D eigenvalue weighted by atomic mass is 35.5. The summed E-state index contributed by atoms with van der Waals surface area (Å²) in [5.74, 6) is -1.15. The molecule has 0 bridgehead atoms. The molecule has 5 aromatic rings. The number of hydrogen-bond donors (Lipinski definition) is 2. The molecule has 0 unspecified atom stereocenters. The highest BCUT2D eigenvalue weighted by molar-refractivity contribution is 6.30. The number of nitrogens with zero attached hydrogens (tertiary/aromatic N) is 6. The van der Waals surface area contributed by atoms with E-state index in [0.29, 0.717) is 39.6 Å². The highest BCUT2D eigenvalue weighted by Crippen LogP contribution is 2.24. The molecule has 0 spiro atoms. The van der Waals surface area contributed by atoms with Gasteiger partial charge in [-0.3, -0.25) is 19.7 Å². The number of methoxy groups -OCH3 is 2. The Bertz CT molecular complexity index is 2000. The number of nitrogens with one attached hydrogen (secondary N) is 2. The van der Waals surface area contributed by atoms with Crippen molar-refractivity contribution in [1.82, 2.24) is 35.3 Å². The second-order valence-corrected chi connectivity index (χ2v) is 10.7. The van der Waals surface area contributed by atoms with Crippen molar-refractivity contribution in [3.05, 3.63) is 123 Å². The third-order valence-electron chi connectivity index (χ3n) is 7.08. The third kappa shape index (κ3) is 8.35. The zero-order valence-electron chi connectivity index (χ0n) is 25.7. The second kappa shape index (κ2) is 15.4. The molecular formula is C33H29ClN8O6. The minimum atomic E-state index is -0.744. The van der Waals surface area contributed by atoms with Gasteiger partial charge in [0.15, 0.2) is 0 Å². The van der Waals surface area contributed by atoms with Crippen LogP contribution in [0.25, 0.3) is 22.9 Å². The Morgan fingerprint density at radius 3 is 2.44 bits per heavy atom. The Morgan fingerprint density at radius 1 is 0.979 bits per heavy atom. The van der Waals surface area contributed by atoms with Crippen LogP contribution in [0.15, 0.2) is 96.1 Å². The van der Waals surface area contributed by atoms with Crippen LogP contribution in [0.4, 0.5) is 10.5 Å². The van der Waals surface area contributed by atoms with Crippen molar-refractivity contribution in [3.8, 4) is 16.8 Å². The van der Waals surface area contributed by atoms with Gasteiger partial charge < -0.3 is 14.8 Å². The third-order valence-corrected chi connectivity index (χ3v) is 7.32. The highest BCUT2D eigenvalue weighted by Gasteiger charge is 2.21. The van der Waals surface area contributed by atoms with Crippen molar-refractivity contribution < 1.29 is 23.9 Å². The molecule has 15 heteroatoms. The lowest BCUT2D eigenvalue weighted by molar-refractivity contribution is -0.141. The molecule has 5 rings (SSSR count). The first kappa shape index (κ1) is 33.2. The van der Waals surface area contributed by atoms with E-state index in [1.807, 2.05) is 30.3 Å². The molecule has 0 fully saturated rings. The predicted octanol–water partition coefficient (Wildman–Crippen LogP) is 4.00. The maximum absolute atomic E-state index is 13.6. The standard InChI is InChI=1S/C33H29ClN8O6/c1-47-31(44)19-41-32(45)26(22-8-12-25(13-9-22)36-33(46)48-2)18-28(38-41)27(16-21-6-4-3-5-7-21)37-30(43)15-10-23-17-24(34)11-14-29(23)42-20-35-39-40-42/h3-15,17-18,20,27H,16,19H2,1-2H3,(H,36,46)(H,37,43)/b15-10+/t27-/m0/s1. The van der Waals surface area contributed by atoms with Crippen molar-refractivity contribution in [2.45, 2.75) is 19.0 Å². The quantitative estimate of drug-likeness (QED) is 0.155. The van der Waals surface area contributed by atoms with Crippen molar-refractivity contribution in [2.75, 3.05) is 19.5 Å².